The molecule has 0 atom stereocenters. The fourth-order valence-corrected chi connectivity index (χ4v) is 1.56. The number of aromatic nitrogens is 1. The number of pyridine rings is 1. The third-order valence-electron chi connectivity index (χ3n) is 1.58. The van der Waals surface area contributed by atoms with Gasteiger partial charge in [0.1, 0.15) is 4.47 Å². The first kappa shape index (κ1) is 12.9. The molecular formula is C7H2BrClF2N2O3. The number of hydrogen-bond acceptors (Lipinski definition) is 4. The number of carbonyl (C=O) groups excluding carboxylic acids is 1. The van der Waals surface area contributed by atoms with Gasteiger partial charge in [0.2, 0.25) is 5.69 Å². The highest BCUT2D eigenvalue weighted by Gasteiger charge is 2.29. The van der Waals surface area contributed by atoms with Crippen LogP contribution in [-0.2, 0) is 0 Å². The second kappa shape index (κ2) is 4.79. The van der Waals surface area contributed by atoms with Crippen LogP contribution in [0.3, 0.4) is 0 Å². The maximum Gasteiger partial charge on any atom is 0.378 e. The van der Waals surface area contributed by atoms with Crippen molar-refractivity contribution in [2.75, 3.05) is 0 Å². The Morgan fingerprint density at radius 3 is 2.56 bits per heavy atom. The highest BCUT2D eigenvalue weighted by atomic mass is 79.9. The van der Waals surface area contributed by atoms with E-state index in [1.165, 1.54) is 0 Å². The fourth-order valence-electron chi connectivity index (χ4n) is 0.945. The standard InChI is InChI=1S/C7H2BrClF2N2O3/c8-3-1-2(5(9)14)4(6(10)11)12-7(3)13(15)16/h1,6H. The Kier molecular flexibility index (Phi) is 3.87. The van der Waals surface area contributed by atoms with Crippen molar-refractivity contribution in [2.24, 2.45) is 0 Å². The third-order valence-corrected chi connectivity index (χ3v) is 2.37. The van der Waals surface area contributed by atoms with E-state index in [4.69, 9.17) is 11.6 Å². The summed E-state index contributed by atoms with van der Waals surface area (Å²) >= 11 is 7.79. The molecule has 5 nitrogen and oxygen atoms in total. The molecule has 0 bridgehead atoms. The predicted octanol–water partition coefficient (Wildman–Crippen LogP) is 3.07. The predicted molar refractivity (Wildman–Crippen MR) is 53.7 cm³/mol. The van der Waals surface area contributed by atoms with Gasteiger partial charge >= 0.3 is 12.2 Å². The Morgan fingerprint density at radius 1 is 1.62 bits per heavy atom. The first-order valence-electron chi connectivity index (χ1n) is 3.67. The van der Waals surface area contributed by atoms with Crippen molar-refractivity contribution < 1.29 is 18.5 Å². The molecule has 9 heteroatoms. The van der Waals surface area contributed by atoms with E-state index in [-0.39, 0.29) is 4.47 Å². The molecule has 86 valence electrons. The SMILES string of the molecule is O=C(Cl)c1cc(Br)c([N+](=O)[O-])nc1C(F)F. The minimum atomic E-state index is -3.12. The zero-order valence-electron chi connectivity index (χ0n) is 7.29. The van der Waals surface area contributed by atoms with Gasteiger partial charge in [-0.15, -0.1) is 0 Å². The lowest BCUT2D eigenvalue weighted by atomic mass is 10.2. The molecule has 0 N–H and O–H groups in total. The van der Waals surface area contributed by atoms with Crippen molar-refractivity contribution in [1.29, 1.82) is 0 Å². The highest BCUT2D eigenvalue weighted by molar-refractivity contribution is 9.10. The highest BCUT2D eigenvalue weighted by Crippen LogP contribution is 2.30. The van der Waals surface area contributed by atoms with Gasteiger partial charge in [-0.3, -0.25) is 4.79 Å². The normalized spacial score (nSPS) is 10.6. The molecule has 0 saturated carbocycles. The minimum absolute atomic E-state index is 0.189. The summed E-state index contributed by atoms with van der Waals surface area (Å²) in [6, 6.07) is 0.849. The lowest BCUT2D eigenvalue weighted by molar-refractivity contribution is -0.390. The van der Waals surface area contributed by atoms with Crippen molar-refractivity contribution in [2.45, 2.75) is 6.43 Å². The van der Waals surface area contributed by atoms with E-state index in [2.05, 4.69) is 20.9 Å². The number of rotatable bonds is 3. The Bertz CT molecular complexity index is 469. The van der Waals surface area contributed by atoms with Gasteiger partial charge < -0.3 is 10.1 Å². The summed E-state index contributed by atoms with van der Waals surface area (Å²) in [4.78, 5) is 23.4. The zero-order valence-corrected chi connectivity index (χ0v) is 9.63. The zero-order chi connectivity index (χ0) is 12.5. The molecule has 0 fully saturated rings. The van der Waals surface area contributed by atoms with Crippen LogP contribution in [0, 0.1) is 10.1 Å². The monoisotopic (exact) mass is 314 g/mol. The smallest absolute Gasteiger partial charge is 0.358 e. The molecule has 0 aromatic carbocycles. The van der Waals surface area contributed by atoms with Crippen LogP contribution in [0.4, 0.5) is 14.6 Å². The number of carbonyl (C=O) groups is 1. The lowest BCUT2D eigenvalue weighted by Gasteiger charge is -2.02. The quantitative estimate of drug-likeness (QED) is 0.488. The van der Waals surface area contributed by atoms with Crippen LogP contribution in [0.2, 0.25) is 0 Å². The van der Waals surface area contributed by atoms with Gasteiger partial charge in [-0.2, -0.15) is 0 Å². The lowest BCUT2D eigenvalue weighted by Crippen LogP contribution is -2.05. The largest absolute Gasteiger partial charge is 0.378 e. The molecule has 0 amide bonds. The van der Waals surface area contributed by atoms with Crippen LogP contribution in [0.15, 0.2) is 10.5 Å². The summed E-state index contributed by atoms with van der Waals surface area (Å²) < 4.78 is 24.7. The first-order valence-corrected chi connectivity index (χ1v) is 4.84. The van der Waals surface area contributed by atoms with Crippen LogP contribution < -0.4 is 0 Å². The van der Waals surface area contributed by atoms with Crippen molar-refractivity contribution in [3.05, 3.63) is 31.9 Å². The molecule has 0 unspecified atom stereocenters. The minimum Gasteiger partial charge on any atom is -0.358 e. The number of nitro groups is 1. The van der Waals surface area contributed by atoms with Gasteiger partial charge in [-0.1, -0.05) is 0 Å². The van der Waals surface area contributed by atoms with Gasteiger partial charge in [0.15, 0.2) is 0 Å². The average molecular weight is 315 g/mol. The Labute approximate surface area is 101 Å². The molecule has 1 aromatic heterocycles. The molecule has 0 aliphatic carbocycles. The van der Waals surface area contributed by atoms with Crippen LogP contribution in [0.1, 0.15) is 22.5 Å². The van der Waals surface area contributed by atoms with E-state index in [1.807, 2.05) is 0 Å². The Morgan fingerprint density at radius 2 is 2.19 bits per heavy atom. The van der Waals surface area contributed by atoms with Gasteiger partial charge in [0.25, 0.3) is 5.24 Å². The van der Waals surface area contributed by atoms with E-state index in [0.29, 0.717) is 0 Å². The number of nitrogens with zero attached hydrogens (tertiary/aromatic N) is 2. The van der Waals surface area contributed by atoms with E-state index in [1.54, 1.807) is 0 Å². The summed E-state index contributed by atoms with van der Waals surface area (Å²) in [5.41, 5.74) is -1.57. The van der Waals surface area contributed by atoms with Gasteiger partial charge in [-0.05, 0) is 43.5 Å². The van der Waals surface area contributed by atoms with Gasteiger partial charge in [-0.25, -0.2) is 8.78 Å². The van der Waals surface area contributed by atoms with E-state index >= 15 is 0 Å². The van der Waals surface area contributed by atoms with Crippen LogP contribution >= 0.6 is 27.5 Å². The first-order chi connectivity index (χ1) is 7.34. The second-order valence-corrected chi connectivity index (χ2v) is 3.76. The second-order valence-electron chi connectivity index (χ2n) is 2.56. The van der Waals surface area contributed by atoms with Crippen molar-refractivity contribution in [1.82, 2.24) is 4.98 Å². The molecule has 1 rings (SSSR count). The molecule has 0 aliphatic heterocycles. The summed E-state index contributed by atoms with van der Waals surface area (Å²) in [5, 5.41) is 9.27. The summed E-state index contributed by atoms with van der Waals surface area (Å²) in [7, 11) is 0. The molecule has 0 aliphatic rings. The van der Waals surface area contributed by atoms with Gasteiger partial charge in [0.05, 0.1) is 5.56 Å². The molecule has 1 heterocycles. The molecule has 0 spiro atoms. The average Bonchev–Trinajstić information content (AvgIpc) is 2.15. The molecule has 16 heavy (non-hydrogen) atoms. The van der Waals surface area contributed by atoms with E-state index in [0.717, 1.165) is 6.07 Å². The topological polar surface area (TPSA) is 73.1 Å². The van der Waals surface area contributed by atoms with E-state index in [9.17, 15) is 23.7 Å². The molecule has 0 radical (unpaired) electrons. The summed E-state index contributed by atoms with van der Waals surface area (Å²) in [6.45, 7) is 0. The number of alkyl halides is 2. The van der Waals surface area contributed by atoms with Gasteiger partial charge in [0, 0.05) is 0 Å². The van der Waals surface area contributed by atoms with E-state index < -0.39 is 33.7 Å². The molecular weight excluding hydrogens is 313 g/mol. The van der Waals surface area contributed by atoms with Crippen LogP contribution in [0.25, 0.3) is 0 Å². The summed E-state index contributed by atoms with van der Waals surface area (Å²) in [6.07, 6.45) is -3.12. The number of hydrogen-bond donors (Lipinski definition) is 0. The maximum atomic E-state index is 12.5. The third kappa shape index (κ3) is 2.50. The van der Waals surface area contributed by atoms with Crippen molar-refractivity contribution >= 4 is 38.6 Å². The fraction of sp³-hybridized carbons (Fsp3) is 0.143. The summed E-state index contributed by atoms with van der Waals surface area (Å²) in [5.74, 6) is -0.794. The Hall–Kier alpha value is -1.15. The van der Waals surface area contributed by atoms with Crippen molar-refractivity contribution in [3.63, 3.8) is 0 Å². The molecule has 0 saturated heterocycles. The number of halogens is 4. The Balaban J connectivity index is 3.49. The molecule has 1 aromatic rings. The maximum absolute atomic E-state index is 12.5. The van der Waals surface area contributed by atoms with Crippen molar-refractivity contribution in [3.8, 4) is 0 Å². The van der Waals surface area contributed by atoms with Crippen LogP contribution in [-0.4, -0.2) is 15.1 Å². The van der Waals surface area contributed by atoms with Crippen LogP contribution in [0.5, 0.6) is 0 Å².